The number of benzene rings is 2. The van der Waals surface area contributed by atoms with E-state index in [1.165, 1.54) is 27.1 Å². The van der Waals surface area contributed by atoms with E-state index in [-0.39, 0.29) is 6.04 Å². The summed E-state index contributed by atoms with van der Waals surface area (Å²) in [6.45, 7) is 6.41. The van der Waals surface area contributed by atoms with Gasteiger partial charge in [0.25, 0.3) is 0 Å². The molecule has 0 spiro atoms. The van der Waals surface area contributed by atoms with E-state index in [9.17, 15) is 0 Å². The molecular formula is C18H23NS. The molecule has 0 amide bonds. The number of hydrogen-bond acceptors (Lipinski definition) is 2. The van der Waals surface area contributed by atoms with Crippen LogP contribution in [0.4, 0.5) is 0 Å². The van der Waals surface area contributed by atoms with Gasteiger partial charge in [0.2, 0.25) is 0 Å². The maximum atomic E-state index is 6.28. The molecule has 0 aliphatic rings. The highest BCUT2D eigenvalue weighted by atomic mass is 32.2. The quantitative estimate of drug-likeness (QED) is 0.830. The van der Waals surface area contributed by atoms with Crippen molar-refractivity contribution in [1.29, 1.82) is 0 Å². The second kappa shape index (κ2) is 6.96. The monoisotopic (exact) mass is 285 g/mol. The number of hydrogen-bond donors (Lipinski definition) is 1. The van der Waals surface area contributed by atoms with Crippen molar-refractivity contribution < 1.29 is 0 Å². The Morgan fingerprint density at radius 2 is 1.60 bits per heavy atom. The second-order valence-electron chi connectivity index (χ2n) is 5.52. The molecule has 2 aromatic rings. The van der Waals surface area contributed by atoms with Crippen molar-refractivity contribution in [3.8, 4) is 0 Å². The molecule has 2 aromatic carbocycles. The summed E-state index contributed by atoms with van der Waals surface area (Å²) < 4.78 is 0. The van der Waals surface area contributed by atoms with Gasteiger partial charge in [0.15, 0.2) is 0 Å². The molecule has 0 bridgehead atoms. The van der Waals surface area contributed by atoms with Crippen molar-refractivity contribution in [2.45, 2.75) is 38.1 Å². The van der Waals surface area contributed by atoms with E-state index in [0.29, 0.717) is 0 Å². The maximum absolute atomic E-state index is 6.28. The molecule has 0 radical (unpaired) electrons. The molecule has 0 saturated heterocycles. The zero-order valence-corrected chi connectivity index (χ0v) is 13.3. The largest absolute Gasteiger partial charge is 0.327 e. The minimum atomic E-state index is 0.196. The first kappa shape index (κ1) is 15.1. The fraction of sp³-hybridized carbons (Fsp3) is 0.333. The lowest BCUT2D eigenvalue weighted by Gasteiger charge is -2.14. The van der Waals surface area contributed by atoms with E-state index < -0.39 is 0 Å². The summed E-state index contributed by atoms with van der Waals surface area (Å²) in [4.78, 5) is 1.30. The molecule has 0 aliphatic heterocycles. The Bertz CT molecular complexity index is 560. The van der Waals surface area contributed by atoms with Crippen molar-refractivity contribution in [2.24, 2.45) is 5.73 Å². The Morgan fingerprint density at radius 3 is 2.30 bits per heavy atom. The predicted octanol–water partition coefficient (Wildman–Crippen LogP) is 4.27. The molecule has 0 fully saturated rings. The van der Waals surface area contributed by atoms with Gasteiger partial charge in [-0.05, 0) is 50.5 Å². The highest BCUT2D eigenvalue weighted by Gasteiger charge is 2.07. The lowest BCUT2D eigenvalue weighted by molar-refractivity contribution is 0.744. The molecule has 0 aromatic heterocycles. The van der Waals surface area contributed by atoms with Crippen LogP contribution in [0.25, 0.3) is 0 Å². The Morgan fingerprint density at radius 1 is 0.950 bits per heavy atom. The molecule has 106 valence electrons. The van der Waals surface area contributed by atoms with E-state index in [1.807, 2.05) is 11.8 Å². The number of nitrogens with two attached hydrogens (primary N) is 1. The van der Waals surface area contributed by atoms with Crippen LogP contribution in [-0.4, -0.2) is 11.8 Å². The van der Waals surface area contributed by atoms with Crippen LogP contribution in [-0.2, 0) is 6.42 Å². The normalized spacial score (nSPS) is 12.4. The third kappa shape index (κ3) is 4.39. The van der Waals surface area contributed by atoms with Gasteiger partial charge in [-0.1, -0.05) is 41.5 Å². The summed E-state index contributed by atoms with van der Waals surface area (Å²) in [5, 5.41) is 0. The molecule has 2 N–H and O–H groups in total. The minimum absolute atomic E-state index is 0.196. The van der Waals surface area contributed by atoms with Crippen molar-refractivity contribution >= 4 is 11.8 Å². The van der Waals surface area contributed by atoms with Crippen LogP contribution in [0.1, 0.15) is 22.3 Å². The standard InChI is InChI=1S/C18H23NS/c1-13-5-8-18(9-6-13)20-12-17(19)11-16-10-14(2)4-7-15(16)3/h4-10,17H,11-12,19H2,1-3H3. The molecule has 1 unspecified atom stereocenters. The van der Waals surface area contributed by atoms with Crippen molar-refractivity contribution in [3.05, 3.63) is 64.7 Å². The van der Waals surface area contributed by atoms with Crippen LogP contribution in [0.5, 0.6) is 0 Å². The van der Waals surface area contributed by atoms with Crippen LogP contribution in [0.15, 0.2) is 47.4 Å². The maximum Gasteiger partial charge on any atom is 0.0174 e. The van der Waals surface area contributed by atoms with Crippen LogP contribution in [0.3, 0.4) is 0 Å². The fourth-order valence-electron chi connectivity index (χ4n) is 2.20. The molecule has 0 aliphatic carbocycles. The zero-order chi connectivity index (χ0) is 14.5. The van der Waals surface area contributed by atoms with Gasteiger partial charge < -0.3 is 5.73 Å². The lowest BCUT2D eigenvalue weighted by atomic mass is 10.00. The molecule has 2 heteroatoms. The number of rotatable bonds is 5. The fourth-order valence-corrected chi connectivity index (χ4v) is 3.05. The highest BCUT2D eigenvalue weighted by molar-refractivity contribution is 7.99. The van der Waals surface area contributed by atoms with Gasteiger partial charge >= 0.3 is 0 Å². The average molecular weight is 285 g/mol. The smallest absolute Gasteiger partial charge is 0.0174 e. The van der Waals surface area contributed by atoms with Gasteiger partial charge in [-0.3, -0.25) is 0 Å². The Kier molecular flexibility index (Phi) is 5.27. The molecule has 20 heavy (non-hydrogen) atoms. The van der Waals surface area contributed by atoms with E-state index in [1.54, 1.807) is 0 Å². The molecule has 1 atom stereocenters. The highest BCUT2D eigenvalue weighted by Crippen LogP contribution is 2.20. The Hall–Kier alpha value is -1.25. The summed E-state index contributed by atoms with van der Waals surface area (Å²) in [6.07, 6.45) is 0.951. The van der Waals surface area contributed by atoms with Crippen LogP contribution in [0, 0.1) is 20.8 Å². The van der Waals surface area contributed by atoms with E-state index in [0.717, 1.165) is 12.2 Å². The van der Waals surface area contributed by atoms with Crippen LogP contribution < -0.4 is 5.73 Å². The average Bonchev–Trinajstić information content (AvgIpc) is 2.42. The minimum Gasteiger partial charge on any atom is -0.327 e. The molecule has 1 nitrogen and oxygen atoms in total. The van der Waals surface area contributed by atoms with Crippen molar-refractivity contribution in [3.63, 3.8) is 0 Å². The molecule has 0 heterocycles. The molecule has 0 saturated carbocycles. The third-order valence-electron chi connectivity index (χ3n) is 3.47. The van der Waals surface area contributed by atoms with Crippen molar-refractivity contribution in [1.82, 2.24) is 0 Å². The lowest BCUT2D eigenvalue weighted by Crippen LogP contribution is -2.26. The first-order chi connectivity index (χ1) is 9.54. The van der Waals surface area contributed by atoms with Gasteiger partial charge in [0, 0.05) is 16.7 Å². The zero-order valence-electron chi connectivity index (χ0n) is 12.5. The third-order valence-corrected chi connectivity index (χ3v) is 4.67. The first-order valence-corrected chi connectivity index (χ1v) is 8.04. The van der Waals surface area contributed by atoms with Gasteiger partial charge in [0.05, 0.1) is 0 Å². The molecule has 2 rings (SSSR count). The predicted molar refractivity (Wildman–Crippen MR) is 89.5 cm³/mol. The van der Waals surface area contributed by atoms with Gasteiger partial charge in [0.1, 0.15) is 0 Å². The molecular weight excluding hydrogens is 262 g/mol. The number of thioether (sulfide) groups is 1. The Balaban J connectivity index is 1.90. The summed E-state index contributed by atoms with van der Waals surface area (Å²) in [7, 11) is 0. The topological polar surface area (TPSA) is 26.0 Å². The summed E-state index contributed by atoms with van der Waals surface area (Å²) in [5.74, 6) is 0.955. The van der Waals surface area contributed by atoms with Crippen LogP contribution >= 0.6 is 11.8 Å². The summed E-state index contributed by atoms with van der Waals surface area (Å²) >= 11 is 1.84. The van der Waals surface area contributed by atoms with Gasteiger partial charge in [-0.2, -0.15) is 0 Å². The number of aryl methyl sites for hydroxylation is 3. The summed E-state index contributed by atoms with van der Waals surface area (Å²) in [6, 6.07) is 15.4. The Labute approximate surface area is 126 Å². The van der Waals surface area contributed by atoms with Crippen LogP contribution in [0.2, 0.25) is 0 Å². The SMILES string of the molecule is Cc1ccc(SCC(N)Cc2cc(C)ccc2C)cc1. The summed E-state index contributed by atoms with van der Waals surface area (Å²) in [5.41, 5.74) is 11.6. The van der Waals surface area contributed by atoms with Gasteiger partial charge in [-0.25, -0.2) is 0 Å². The van der Waals surface area contributed by atoms with E-state index in [2.05, 4.69) is 63.2 Å². The second-order valence-corrected chi connectivity index (χ2v) is 6.61. The first-order valence-electron chi connectivity index (χ1n) is 7.06. The van der Waals surface area contributed by atoms with E-state index in [4.69, 9.17) is 5.73 Å². The van der Waals surface area contributed by atoms with Gasteiger partial charge in [-0.15, -0.1) is 11.8 Å². The van der Waals surface area contributed by atoms with E-state index >= 15 is 0 Å². The van der Waals surface area contributed by atoms with Crippen molar-refractivity contribution in [2.75, 3.05) is 5.75 Å².